The van der Waals surface area contributed by atoms with Gasteiger partial charge < -0.3 is 5.32 Å². The minimum absolute atomic E-state index is 0.118. The average molecular weight is 312 g/mol. The van der Waals surface area contributed by atoms with Gasteiger partial charge in [0.25, 0.3) is 10.0 Å². The first-order chi connectivity index (χ1) is 9.51. The lowest BCUT2D eigenvalue weighted by Gasteiger charge is -2.07. The molecule has 0 aliphatic heterocycles. The maximum Gasteiger partial charge on any atom is 0.265 e. The van der Waals surface area contributed by atoms with Crippen molar-refractivity contribution in [1.29, 1.82) is 0 Å². The van der Waals surface area contributed by atoms with Crippen molar-refractivity contribution in [1.82, 2.24) is 9.97 Å². The van der Waals surface area contributed by atoms with Crippen LogP contribution in [0, 0.1) is 6.92 Å². The number of pyridine rings is 1. The molecule has 0 amide bonds. The van der Waals surface area contributed by atoms with Crippen LogP contribution in [0.3, 0.4) is 0 Å². The third-order valence-electron chi connectivity index (χ3n) is 2.44. The predicted molar refractivity (Wildman–Crippen MR) is 80.7 cm³/mol. The van der Waals surface area contributed by atoms with E-state index in [1.54, 1.807) is 11.4 Å². The lowest BCUT2D eigenvalue weighted by Crippen LogP contribution is -2.13. The second-order valence-corrected chi connectivity index (χ2v) is 6.75. The van der Waals surface area contributed by atoms with Crippen LogP contribution in [0.15, 0.2) is 28.6 Å². The third kappa shape index (κ3) is 3.67. The standard InChI is InChI=1S/C12H16N4O2S2/c1-3-6-13-11-5-4-10(7-14-11)20(17,18)16-12-15-9(2)8-19-12/h4-5,7-8H,3,6H2,1-2H3,(H,13,14)(H,15,16). The molecule has 0 atom stereocenters. The average Bonchev–Trinajstić information content (AvgIpc) is 2.81. The number of anilines is 2. The van der Waals surface area contributed by atoms with Gasteiger partial charge in [-0.1, -0.05) is 6.92 Å². The number of hydrogen-bond acceptors (Lipinski definition) is 6. The summed E-state index contributed by atoms with van der Waals surface area (Å²) in [5.41, 5.74) is 0.782. The number of sulfonamides is 1. The summed E-state index contributed by atoms with van der Waals surface area (Å²) in [6.07, 6.45) is 2.31. The van der Waals surface area contributed by atoms with Gasteiger partial charge in [-0.05, 0) is 25.5 Å². The second-order valence-electron chi connectivity index (χ2n) is 4.21. The zero-order valence-corrected chi connectivity index (χ0v) is 12.9. The normalized spacial score (nSPS) is 11.3. The molecule has 2 N–H and O–H groups in total. The number of hydrogen-bond donors (Lipinski definition) is 2. The molecule has 0 aromatic carbocycles. The van der Waals surface area contributed by atoms with E-state index in [9.17, 15) is 8.42 Å². The Balaban J connectivity index is 2.13. The highest BCUT2D eigenvalue weighted by Gasteiger charge is 2.16. The second kappa shape index (κ2) is 6.19. The number of thiazole rings is 1. The SMILES string of the molecule is CCCNc1ccc(S(=O)(=O)Nc2nc(C)cs2)cn1. The van der Waals surface area contributed by atoms with Gasteiger partial charge in [-0.15, -0.1) is 11.3 Å². The fraction of sp³-hybridized carbons (Fsp3) is 0.333. The van der Waals surface area contributed by atoms with E-state index in [0.717, 1.165) is 18.7 Å². The summed E-state index contributed by atoms with van der Waals surface area (Å²) in [6, 6.07) is 3.17. The number of nitrogens with zero attached hydrogens (tertiary/aromatic N) is 2. The first kappa shape index (κ1) is 14.7. The Bertz CT molecular complexity index is 665. The van der Waals surface area contributed by atoms with Gasteiger partial charge in [0, 0.05) is 18.1 Å². The highest BCUT2D eigenvalue weighted by Crippen LogP contribution is 2.19. The van der Waals surface area contributed by atoms with E-state index in [4.69, 9.17) is 0 Å². The Morgan fingerprint density at radius 3 is 2.70 bits per heavy atom. The highest BCUT2D eigenvalue weighted by molar-refractivity contribution is 7.93. The fourth-order valence-corrected chi connectivity index (χ4v) is 3.36. The number of nitrogens with one attached hydrogen (secondary N) is 2. The molecule has 0 spiro atoms. The zero-order chi connectivity index (χ0) is 14.6. The van der Waals surface area contributed by atoms with Crippen molar-refractivity contribution in [2.45, 2.75) is 25.2 Å². The van der Waals surface area contributed by atoms with Gasteiger partial charge in [0.05, 0.1) is 5.69 Å². The van der Waals surface area contributed by atoms with Crippen molar-refractivity contribution in [2.75, 3.05) is 16.6 Å². The Hall–Kier alpha value is -1.67. The van der Waals surface area contributed by atoms with Crippen molar-refractivity contribution >= 4 is 32.3 Å². The lowest BCUT2D eigenvalue weighted by molar-refractivity contribution is 0.601. The smallest absolute Gasteiger partial charge is 0.265 e. The maximum atomic E-state index is 12.1. The molecule has 2 aromatic heterocycles. The highest BCUT2D eigenvalue weighted by atomic mass is 32.2. The Kier molecular flexibility index (Phi) is 4.56. The predicted octanol–water partition coefficient (Wildman–Crippen LogP) is 2.47. The van der Waals surface area contributed by atoms with Gasteiger partial charge in [-0.25, -0.2) is 18.4 Å². The minimum atomic E-state index is -3.63. The van der Waals surface area contributed by atoms with E-state index in [1.807, 2.05) is 13.8 Å². The van der Waals surface area contributed by atoms with Crippen LogP contribution in [0.1, 0.15) is 19.0 Å². The Morgan fingerprint density at radius 2 is 2.15 bits per heavy atom. The molecule has 0 saturated heterocycles. The summed E-state index contributed by atoms with van der Waals surface area (Å²) in [5.74, 6) is 0.663. The quantitative estimate of drug-likeness (QED) is 0.856. The van der Waals surface area contributed by atoms with E-state index in [0.29, 0.717) is 10.9 Å². The molecule has 0 unspecified atom stereocenters. The summed E-state index contributed by atoms with van der Waals surface area (Å²) in [4.78, 5) is 8.27. The Morgan fingerprint density at radius 1 is 1.35 bits per heavy atom. The molecule has 2 aromatic rings. The summed E-state index contributed by atoms with van der Waals surface area (Å²) >= 11 is 1.25. The topological polar surface area (TPSA) is 84.0 Å². The van der Waals surface area contributed by atoms with Crippen LogP contribution < -0.4 is 10.0 Å². The fourth-order valence-electron chi connectivity index (χ4n) is 1.47. The van der Waals surface area contributed by atoms with Crippen molar-refractivity contribution in [3.8, 4) is 0 Å². The molecular formula is C12H16N4O2S2. The summed E-state index contributed by atoms with van der Waals surface area (Å²) in [6.45, 7) is 4.66. The van der Waals surface area contributed by atoms with Gasteiger partial charge in [-0.2, -0.15) is 0 Å². The van der Waals surface area contributed by atoms with Gasteiger partial charge in [0.2, 0.25) is 0 Å². The molecule has 20 heavy (non-hydrogen) atoms. The third-order valence-corrected chi connectivity index (χ3v) is 4.77. The van der Waals surface area contributed by atoms with Gasteiger partial charge >= 0.3 is 0 Å². The summed E-state index contributed by atoms with van der Waals surface area (Å²) in [5, 5.41) is 5.23. The molecule has 108 valence electrons. The van der Waals surface area contributed by atoms with E-state index in [2.05, 4.69) is 20.0 Å². The molecule has 0 saturated carbocycles. The van der Waals surface area contributed by atoms with Crippen molar-refractivity contribution in [3.05, 3.63) is 29.4 Å². The minimum Gasteiger partial charge on any atom is -0.370 e. The first-order valence-corrected chi connectivity index (χ1v) is 8.52. The number of aryl methyl sites for hydroxylation is 1. The van der Waals surface area contributed by atoms with E-state index < -0.39 is 10.0 Å². The van der Waals surface area contributed by atoms with Crippen LogP contribution >= 0.6 is 11.3 Å². The molecule has 0 radical (unpaired) electrons. The van der Waals surface area contributed by atoms with Crippen LogP contribution in [-0.2, 0) is 10.0 Å². The number of aromatic nitrogens is 2. The number of rotatable bonds is 6. The van der Waals surface area contributed by atoms with E-state index in [-0.39, 0.29) is 4.90 Å². The zero-order valence-electron chi connectivity index (χ0n) is 11.3. The monoisotopic (exact) mass is 312 g/mol. The van der Waals surface area contributed by atoms with Crippen molar-refractivity contribution < 1.29 is 8.42 Å². The molecule has 2 rings (SSSR count). The van der Waals surface area contributed by atoms with Crippen LogP contribution in [0.25, 0.3) is 0 Å². The molecule has 6 nitrogen and oxygen atoms in total. The molecule has 0 bridgehead atoms. The van der Waals surface area contributed by atoms with Gasteiger partial charge in [0.1, 0.15) is 10.7 Å². The van der Waals surface area contributed by atoms with E-state index >= 15 is 0 Å². The lowest BCUT2D eigenvalue weighted by atomic mass is 10.4. The maximum absolute atomic E-state index is 12.1. The largest absolute Gasteiger partial charge is 0.370 e. The van der Waals surface area contributed by atoms with Crippen LogP contribution in [0.5, 0.6) is 0 Å². The van der Waals surface area contributed by atoms with Gasteiger partial charge in [0.15, 0.2) is 5.13 Å². The molecule has 0 aliphatic rings. The van der Waals surface area contributed by atoms with Crippen LogP contribution in [0.4, 0.5) is 10.9 Å². The van der Waals surface area contributed by atoms with Crippen LogP contribution in [-0.4, -0.2) is 24.9 Å². The van der Waals surface area contributed by atoms with Crippen molar-refractivity contribution in [2.24, 2.45) is 0 Å². The van der Waals surface area contributed by atoms with E-state index in [1.165, 1.54) is 23.6 Å². The molecular weight excluding hydrogens is 296 g/mol. The Labute approximate surface area is 122 Å². The van der Waals surface area contributed by atoms with Crippen LogP contribution in [0.2, 0.25) is 0 Å². The first-order valence-electron chi connectivity index (χ1n) is 6.16. The summed E-state index contributed by atoms with van der Waals surface area (Å²) < 4.78 is 26.7. The molecule has 2 heterocycles. The summed E-state index contributed by atoms with van der Waals surface area (Å²) in [7, 11) is -3.63. The van der Waals surface area contributed by atoms with Gasteiger partial charge in [-0.3, -0.25) is 4.72 Å². The molecule has 0 aliphatic carbocycles. The molecule has 8 heteroatoms. The molecule has 0 fully saturated rings. The van der Waals surface area contributed by atoms with Crippen molar-refractivity contribution in [3.63, 3.8) is 0 Å².